The van der Waals surface area contributed by atoms with Crippen LogP contribution < -0.4 is 9.80 Å². The summed E-state index contributed by atoms with van der Waals surface area (Å²) in [6.07, 6.45) is 0. The molecule has 2 aromatic heterocycles. The van der Waals surface area contributed by atoms with Gasteiger partial charge in [0.25, 0.3) is 0 Å². The van der Waals surface area contributed by atoms with Crippen LogP contribution in [-0.2, 0) is 0 Å². The van der Waals surface area contributed by atoms with Crippen LogP contribution in [0.4, 0.5) is 34.1 Å². The molecule has 0 aliphatic heterocycles. The van der Waals surface area contributed by atoms with Crippen molar-refractivity contribution in [3.63, 3.8) is 0 Å². The number of aromatic nitrogens is 1. The van der Waals surface area contributed by atoms with Gasteiger partial charge in [-0.15, -0.1) is 0 Å². The fourth-order valence-electron chi connectivity index (χ4n) is 8.47. The van der Waals surface area contributed by atoms with Crippen LogP contribution in [0.5, 0.6) is 0 Å². The predicted octanol–water partition coefficient (Wildman–Crippen LogP) is 14.2. The Morgan fingerprint density at radius 3 is 1.68 bits per heavy atom. The Labute approximate surface area is 331 Å². The summed E-state index contributed by atoms with van der Waals surface area (Å²) in [5.74, 6) is 0. The zero-order valence-corrected chi connectivity index (χ0v) is 32.2. The predicted molar refractivity (Wildman–Crippen MR) is 240 cm³/mol. The van der Waals surface area contributed by atoms with Crippen molar-refractivity contribution >= 4 is 100 Å². The van der Waals surface area contributed by atoms with Crippen molar-refractivity contribution in [2.24, 2.45) is 0 Å². The summed E-state index contributed by atoms with van der Waals surface area (Å²) in [5.41, 5.74) is 10.2. The fraction of sp³-hybridized carbons (Fsp3) is 0. The summed E-state index contributed by atoms with van der Waals surface area (Å²) in [6, 6.07) is 77.2. The van der Waals surface area contributed by atoms with Gasteiger partial charge >= 0.3 is 262 Å². The van der Waals surface area contributed by atoms with Crippen LogP contribution in [0.25, 0.3) is 57.6 Å². The van der Waals surface area contributed by atoms with E-state index in [1.54, 1.807) is 0 Å². The molecule has 264 valence electrons. The van der Waals surface area contributed by atoms with E-state index in [1.807, 2.05) is 0 Å². The first kappa shape index (κ1) is 32.6. The Kier molecular flexibility index (Phi) is 7.84. The van der Waals surface area contributed by atoms with Crippen molar-refractivity contribution in [1.29, 1.82) is 0 Å². The first-order chi connectivity index (χ1) is 27.8. The average molecular weight is 781 g/mol. The Balaban J connectivity index is 1.15. The van der Waals surface area contributed by atoms with E-state index in [2.05, 4.69) is 227 Å². The molecule has 0 bridgehead atoms. The number of anilines is 6. The van der Waals surface area contributed by atoms with Crippen LogP contribution in [0.2, 0.25) is 0 Å². The number of nitrogens with zero attached hydrogens (tertiary/aromatic N) is 3. The van der Waals surface area contributed by atoms with E-state index in [1.165, 1.54) is 57.6 Å². The molecule has 2 heterocycles. The molecule has 0 saturated carbocycles. The molecular weight excluding hydrogens is 746 g/mol. The first-order valence-corrected chi connectivity index (χ1v) is 20.7. The van der Waals surface area contributed by atoms with Crippen molar-refractivity contribution in [3.8, 4) is 5.69 Å². The Morgan fingerprint density at radius 2 is 0.911 bits per heavy atom. The van der Waals surface area contributed by atoms with Crippen LogP contribution in [0.15, 0.2) is 212 Å². The SMILES string of the molecule is c1ccc(N(c2cccc(N(c3ccccc3)c3cc4ccccc4c4[se]c5ccccc5c34)c2)c2ccc3c4ccccc4n(-c4ccccc4)c3c2)cc1. The molecule has 0 aliphatic carbocycles. The molecule has 0 saturated heterocycles. The summed E-state index contributed by atoms with van der Waals surface area (Å²) in [5, 5.41) is 7.78. The van der Waals surface area contributed by atoms with Gasteiger partial charge in [-0.3, -0.25) is 0 Å². The Bertz CT molecular complexity index is 3200. The van der Waals surface area contributed by atoms with E-state index in [0.717, 1.165) is 34.1 Å². The monoisotopic (exact) mass is 781 g/mol. The van der Waals surface area contributed by atoms with E-state index >= 15 is 0 Å². The number of fused-ring (bicyclic) bond motifs is 8. The summed E-state index contributed by atoms with van der Waals surface area (Å²) >= 11 is 0.205. The van der Waals surface area contributed by atoms with Gasteiger partial charge in [0.2, 0.25) is 0 Å². The standard InChI is InChI=1S/C52H35N3Se/c1-4-18-37(19-5-1)53(42-31-32-45-44-27-12-14-29-47(44)55(48(45)35-42)39-22-8-3-9-23-39)40-24-16-25-41(34-40)54(38-20-6-2-7-21-38)49-33-36-17-10-11-26-43(36)52-51(49)46-28-13-15-30-50(46)56-52/h1-35H. The van der Waals surface area contributed by atoms with Gasteiger partial charge in [0.15, 0.2) is 0 Å². The van der Waals surface area contributed by atoms with Gasteiger partial charge in [-0.25, -0.2) is 0 Å². The van der Waals surface area contributed by atoms with Crippen LogP contribution in [0.3, 0.4) is 0 Å². The molecule has 3 nitrogen and oxygen atoms in total. The minimum absolute atomic E-state index is 0.205. The maximum atomic E-state index is 2.46. The molecule has 0 radical (unpaired) electrons. The van der Waals surface area contributed by atoms with Crippen molar-refractivity contribution in [2.75, 3.05) is 9.80 Å². The van der Waals surface area contributed by atoms with E-state index < -0.39 is 0 Å². The summed E-state index contributed by atoms with van der Waals surface area (Å²) in [6.45, 7) is 0. The molecule has 0 N–H and O–H groups in total. The normalized spacial score (nSPS) is 11.6. The Hall–Kier alpha value is -6.84. The summed E-state index contributed by atoms with van der Waals surface area (Å²) < 4.78 is 5.29. The van der Waals surface area contributed by atoms with Crippen molar-refractivity contribution in [3.05, 3.63) is 212 Å². The molecule has 11 rings (SSSR count). The van der Waals surface area contributed by atoms with E-state index in [9.17, 15) is 0 Å². The molecule has 0 amide bonds. The van der Waals surface area contributed by atoms with Gasteiger partial charge in [0, 0.05) is 11.1 Å². The molecule has 9 aromatic carbocycles. The molecule has 0 spiro atoms. The second kappa shape index (κ2) is 13.5. The molecular formula is C52H35N3Se. The molecule has 0 unspecified atom stereocenters. The van der Waals surface area contributed by atoms with Gasteiger partial charge in [0.1, 0.15) is 0 Å². The Morgan fingerprint density at radius 1 is 0.357 bits per heavy atom. The number of hydrogen-bond donors (Lipinski definition) is 0. The molecule has 4 heteroatoms. The third-order valence-electron chi connectivity index (χ3n) is 10.9. The number of rotatable bonds is 7. The van der Waals surface area contributed by atoms with Crippen LogP contribution in [-0.4, -0.2) is 19.1 Å². The molecule has 11 aromatic rings. The van der Waals surface area contributed by atoms with Crippen LogP contribution in [0, 0.1) is 0 Å². The summed E-state index contributed by atoms with van der Waals surface area (Å²) in [4.78, 5) is 4.86. The van der Waals surface area contributed by atoms with Crippen molar-refractivity contribution in [2.45, 2.75) is 0 Å². The quantitative estimate of drug-likeness (QED) is 0.149. The van der Waals surface area contributed by atoms with Gasteiger partial charge in [0.05, 0.1) is 5.52 Å². The van der Waals surface area contributed by atoms with E-state index in [-0.39, 0.29) is 14.5 Å². The van der Waals surface area contributed by atoms with Crippen molar-refractivity contribution < 1.29 is 0 Å². The van der Waals surface area contributed by atoms with Crippen LogP contribution in [0.1, 0.15) is 0 Å². The average Bonchev–Trinajstić information content (AvgIpc) is 3.82. The third kappa shape index (κ3) is 5.34. The number of hydrogen-bond acceptors (Lipinski definition) is 2. The van der Waals surface area contributed by atoms with Gasteiger partial charge in [-0.05, 0) is 18.2 Å². The zero-order chi connectivity index (χ0) is 37.0. The molecule has 0 fully saturated rings. The topological polar surface area (TPSA) is 11.4 Å². The fourth-order valence-corrected chi connectivity index (χ4v) is 11.1. The molecule has 0 atom stereocenters. The first-order valence-electron chi connectivity index (χ1n) is 19.0. The van der Waals surface area contributed by atoms with Crippen LogP contribution >= 0.6 is 0 Å². The number of para-hydroxylation sites is 4. The third-order valence-corrected chi connectivity index (χ3v) is 13.4. The summed E-state index contributed by atoms with van der Waals surface area (Å²) in [7, 11) is 0. The minimum atomic E-state index is 0.205. The van der Waals surface area contributed by atoms with Gasteiger partial charge in [-0.2, -0.15) is 0 Å². The number of benzene rings is 9. The van der Waals surface area contributed by atoms with E-state index in [4.69, 9.17) is 0 Å². The van der Waals surface area contributed by atoms with Crippen molar-refractivity contribution in [1.82, 2.24) is 4.57 Å². The molecule has 0 aliphatic rings. The van der Waals surface area contributed by atoms with Gasteiger partial charge < -0.3 is 0 Å². The van der Waals surface area contributed by atoms with Gasteiger partial charge in [-0.1, -0.05) is 36.4 Å². The molecule has 56 heavy (non-hydrogen) atoms. The maximum absolute atomic E-state index is 2.46. The second-order valence-corrected chi connectivity index (χ2v) is 16.4. The van der Waals surface area contributed by atoms with E-state index in [0.29, 0.717) is 0 Å². The second-order valence-electron chi connectivity index (χ2n) is 14.2. The zero-order valence-electron chi connectivity index (χ0n) is 30.5.